The summed E-state index contributed by atoms with van der Waals surface area (Å²) >= 11 is 6.48. The molecule has 0 amide bonds. The molecule has 0 saturated heterocycles. The Bertz CT molecular complexity index is 5250. The van der Waals surface area contributed by atoms with Gasteiger partial charge in [0.2, 0.25) is 0 Å². The summed E-state index contributed by atoms with van der Waals surface area (Å²) in [5, 5.41) is 7.98. The van der Waals surface area contributed by atoms with E-state index < -0.39 is 0 Å². The first kappa shape index (κ1) is 50.6. The lowest BCUT2D eigenvalue weighted by Gasteiger charge is -2.22. The Morgan fingerprint density at radius 1 is 0.412 bits per heavy atom. The van der Waals surface area contributed by atoms with Gasteiger partial charge in [0.1, 0.15) is 23.5 Å². The molecule has 402 valence electrons. The second-order valence-electron chi connectivity index (χ2n) is 23.8. The monoisotopic (exact) mass is 1110 g/mol. The van der Waals surface area contributed by atoms with Crippen molar-refractivity contribution in [1.29, 1.82) is 0 Å². The Balaban J connectivity index is 0.000000116. The van der Waals surface area contributed by atoms with Crippen LogP contribution in [0.1, 0.15) is 61.1 Å². The van der Waals surface area contributed by atoms with Crippen LogP contribution in [0.3, 0.4) is 0 Å². The van der Waals surface area contributed by atoms with Crippen LogP contribution in [-0.2, 0) is 17.3 Å². The van der Waals surface area contributed by atoms with Gasteiger partial charge in [0.25, 0.3) is 0 Å². The molecule has 18 rings (SSSR count). The van der Waals surface area contributed by atoms with E-state index in [2.05, 4.69) is 250 Å². The van der Waals surface area contributed by atoms with Gasteiger partial charge in [0, 0.05) is 50.8 Å². The molecule has 0 saturated carbocycles. The van der Waals surface area contributed by atoms with Crippen molar-refractivity contribution in [1.82, 2.24) is 24.5 Å². The number of fused-ring (bicyclic) bond motifs is 15. The third-order valence-electron chi connectivity index (χ3n) is 18.1. The predicted octanol–water partition coefficient (Wildman–Crippen LogP) is 20.2. The summed E-state index contributed by atoms with van der Waals surface area (Å²) < 4.78 is 2.32. The molecule has 0 atom stereocenters. The predicted molar refractivity (Wildman–Crippen MR) is 353 cm³/mol. The molecule has 85 heavy (non-hydrogen) atoms. The number of aromatic nitrogens is 5. The van der Waals surface area contributed by atoms with Gasteiger partial charge in [-0.1, -0.05) is 203 Å². The average molecular weight is 1110 g/mol. The van der Waals surface area contributed by atoms with Gasteiger partial charge < -0.3 is 0 Å². The van der Waals surface area contributed by atoms with Gasteiger partial charge in [-0.15, -0.1) is 0 Å². The van der Waals surface area contributed by atoms with Gasteiger partial charge >= 0.3 is 0 Å². The van der Waals surface area contributed by atoms with Crippen molar-refractivity contribution in [3.8, 4) is 50.6 Å². The van der Waals surface area contributed by atoms with E-state index in [-0.39, 0.29) is 10.8 Å². The van der Waals surface area contributed by atoms with Crippen LogP contribution in [0.5, 0.6) is 0 Å². The third kappa shape index (κ3) is 8.18. The lowest BCUT2D eigenvalue weighted by atomic mass is 9.82. The zero-order chi connectivity index (χ0) is 57.1. The highest BCUT2D eigenvalue weighted by Gasteiger charge is 2.37. The molecule has 0 spiro atoms. The normalized spacial score (nSPS) is 14.3. The quantitative estimate of drug-likeness (QED) is 0.165. The molecule has 0 N–H and O–H groups in total. The number of benzene rings is 11. The lowest BCUT2D eigenvalue weighted by molar-refractivity contribution is 0.660. The van der Waals surface area contributed by atoms with E-state index in [4.69, 9.17) is 26.6 Å². The van der Waals surface area contributed by atoms with E-state index in [1.54, 1.807) is 0 Å². The van der Waals surface area contributed by atoms with Crippen LogP contribution in [0.2, 0.25) is 5.15 Å². The molecule has 3 heterocycles. The molecule has 5 nitrogen and oxygen atoms in total. The van der Waals surface area contributed by atoms with Crippen molar-refractivity contribution in [2.75, 3.05) is 0 Å². The zero-order valence-electron chi connectivity index (χ0n) is 47.5. The number of nitrogens with zero attached hydrogens (tertiary/aromatic N) is 5. The molecule has 0 fully saturated rings. The lowest BCUT2D eigenvalue weighted by Crippen LogP contribution is -2.15. The van der Waals surface area contributed by atoms with Crippen LogP contribution in [-0.4, -0.2) is 24.5 Å². The van der Waals surface area contributed by atoms with E-state index in [0.29, 0.717) is 5.15 Å². The van der Waals surface area contributed by atoms with Crippen molar-refractivity contribution >= 4 is 82.6 Å². The number of hydrogen-bond donors (Lipinski definition) is 0. The van der Waals surface area contributed by atoms with Crippen LogP contribution in [0, 0.1) is 6.08 Å². The summed E-state index contributed by atoms with van der Waals surface area (Å²) in [7, 11) is 0. The fourth-order valence-corrected chi connectivity index (χ4v) is 14.1. The summed E-state index contributed by atoms with van der Waals surface area (Å²) in [6, 6.07) is 81.8. The van der Waals surface area contributed by atoms with Crippen LogP contribution >= 0.6 is 11.6 Å². The average Bonchev–Trinajstić information content (AvgIpc) is 2.31. The van der Waals surface area contributed by atoms with Crippen LogP contribution in [0.15, 0.2) is 254 Å². The fraction of sp³-hybridized carbons (Fsp3) is 0.0886. The van der Waals surface area contributed by atoms with Gasteiger partial charge in [-0.05, 0) is 138 Å². The number of rotatable bonds is 3. The van der Waals surface area contributed by atoms with Gasteiger partial charge in [-0.3, -0.25) is 4.57 Å². The first-order valence-electron chi connectivity index (χ1n) is 29.2. The van der Waals surface area contributed by atoms with E-state index >= 15 is 0 Å². The van der Waals surface area contributed by atoms with Crippen molar-refractivity contribution in [3.63, 3.8) is 0 Å². The number of para-hydroxylation sites is 5. The first-order chi connectivity index (χ1) is 41.5. The SMILES string of the molecule is CC1(C)c2ccccc2-c2ccc(-c3nc4ccccc4nc3-n3c4ccccc4c4cc5ccccc5cc43)cc21.CC1(C)c2ccccc2-c2ccc(-c3nc4ccccc4nc3Cl)cc21.[C+]1=CC2=C(C=C1)c1cc3ccccc3cc1C2. The van der Waals surface area contributed by atoms with Crippen molar-refractivity contribution in [3.05, 3.63) is 299 Å². The highest BCUT2D eigenvalue weighted by atomic mass is 35.5. The fourth-order valence-electron chi connectivity index (χ4n) is 13.9. The van der Waals surface area contributed by atoms with Crippen LogP contribution in [0.25, 0.3) is 122 Å². The molecule has 0 bridgehead atoms. The Labute approximate surface area is 498 Å². The molecular formula is C79H55ClN5+. The van der Waals surface area contributed by atoms with Gasteiger partial charge in [0.05, 0.1) is 50.3 Å². The van der Waals surface area contributed by atoms with E-state index in [0.717, 1.165) is 67.9 Å². The number of hydrogen-bond acceptors (Lipinski definition) is 4. The summed E-state index contributed by atoms with van der Waals surface area (Å²) in [6.07, 6.45) is 10.5. The van der Waals surface area contributed by atoms with Crippen molar-refractivity contribution in [2.24, 2.45) is 0 Å². The molecule has 0 aliphatic heterocycles. The third-order valence-corrected chi connectivity index (χ3v) is 18.4. The number of halogens is 1. The smallest absolute Gasteiger partial charge is 0.165 e. The second kappa shape index (κ2) is 19.5. The van der Waals surface area contributed by atoms with E-state index in [1.165, 1.54) is 99.1 Å². The van der Waals surface area contributed by atoms with Gasteiger partial charge in [-0.25, -0.2) is 19.9 Å². The molecule has 4 aliphatic carbocycles. The zero-order valence-corrected chi connectivity index (χ0v) is 48.2. The van der Waals surface area contributed by atoms with Crippen molar-refractivity contribution in [2.45, 2.75) is 44.9 Å². The number of allylic oxidation sites excluding steroid dienone is 6. The maximum atomic E-state index is 6.48. The molecule has 0 unspecified atom stereocenters. The molecular weight excluding hydrogens is 1050 g/mol. The van der Waals surface area contributed by atoms with Gasteiger partial charge in [0.15, 0.2) is 11.0 Å². The maximum Gasteiger partial charge on any atom is 0.165 e. The Kier molecular flexibility index (Phi) is 11.6. The molecule has 0 radical (unpaired) electrons. The maximum absolute atomic E-state index is 6.48. The summed E-state index contributed by atoms with van der Waals surface area (Å²) in [4.78, 5) is 20.0. The molecule has 4 aliphatic rings. The highest BCUT2D eigenvalue weighted by Crippen LogP contribution is 2.52. The first-order valence-corrected chi connectivity index (χ1v) is 29.5. The van der Waals surface area contributed by atoms with Crippen LogP contribution < -0.4 is 0 Å². The molecule has 6 heteroatoms. The van der Waals surface area contributed by atoms with E-state index in [1.807, 2.05) is 42.5 Å². The second-order valence-corrected chi connectivity index (χ2v) is 24.1. The molecule has 11 aromatic carbocycles. The topological polar surface area (TPSA) is 56.5 Å². The minimum atomic E-state index is -0.0991. The molecule has 14 aromatic rings. The van der Waals surface area contributed by atoms with Crippen molar-refractivity contribution < 1.29 is 0 Å². The molecule has 3 aromatic heterocycles. The largest absolute Gasteiger partial charge is 0.292 e. The summed E-state index contributed by atoms with van der Waals surface area (Å²) in [5.74, 6) is 0.850. The summed E-state index contributed by atoms with van der Waals surface area (Å²) in [6.45, 7) is 9.20. The minimum Gasteiger partial charge on any atom is -0.292 e. The Morgan fingerprint density at radius 3 is 1.55 bits per heavy atom. The standard InChI is InChI=1S/C39H27N3.C23H17ClN2.C17H11/c1-39(2)31-15-7-5-13-27(31)28-20-19-26(22-32(28)39)37-38(41-34-17-9-8-16-33(34)40-37)42-35-18-10-6-14-29(35)30-21-24-11-3-4-12-25(24)23-36(30)42;1-23(2)17-8-4-3-7-15(17)16-12-11-14(13-18(16)23)21-22(24)26-20-10-6-5-9-19(20)25-21;1-2-6-13-11-17-15(9-12(13)5-1)10-14-7-3-4-8-16(14)17/h3-23H,1-2H3;3-13H,1-2H3;1-2,4-9,11H,10H2/q;;+1. The Morgan fingerprint density at radius 2 is 0.906 bits per heavy atom. The van der Waals surface area contributed by atoms with Crippen LogP contribution in [0.4, 0.5) is 0 Å². The summed E-state index contributed by atoms with van der Waals surface area (Å²) in [5.41, 5.74) is 25.5. The van der Waals surface area contributed by atoms with Gasteiger partial charge in [-0.2, -0.15) is 0 Å². The van der Waals surface area contributed by atoms with E-state index in [9.17, 15) is 0 Å². The Hall–Kier alpha value is -10.2. The highest BCUT2D eigenvalue weighted by molar-refractivity contribution is 6.32. The minimum absolute atomic E-state index is 0.0430.